The second kappa shape index (κ2) is 17.6. The van der Waals surface area contributed by atoms with Crippen LogP contribution in [0, 0.1) is 11.8 Å². The van der Waals surface area contributed by atoms with Gasteiger partial charge in [0, 0.05) is 13.1 Å². The number of rotatable bonds is 13. The first-order chi connectivity index (χ1) is 25.4. The number of amides is 4. The van der Waals surface area contributed by atoms with E-state index in [4.69, 9.17) is 9.47 Å². The van der Waals surface area contributed by atoms with Gasteiger partial charge in [0.1, 0.15) is 17.9 Å². The number of imidazole rings is 1. The third kappa shape index (κ3) is 9.27. The van der Waals surface area contributed by atoms with Crippen molar-refractivity contribution in [3.8, 4) is 22.4 Å². The van der Waals surface area contributed by atoms with Gasteiger partial charge in [-0.25, -0.2) is 14.6 Å². The maximum absolute atomic E-state index is 13.5. The fourth-order valence-corrected chi connectivity index (χ4v) is 7.36. The normalized spacial score (nSPS) is 18.2. The van der Waals surface area contributed by atoms with E-state index in [0.717, 1.165) is 72.3 Å². The van der Waals surface area contributed by atoms with Gasteiger partial charge in [0.15, 0.2) is 0 Å². The molecular formula is C41H54N6O6. The summed E-state index contributed by atoms with van der Waals surface area (Å²) in [6.07, 6.45) is 5.59. The minimum Gasteiger partial charge on any atom is -0.453 e. The lowest BCUT2D eigenvalue weighted by Gasteiger charge is -2.31. The van der Waals surface area contributed by atoms with Gasteiger partial charge in [-0.2, -0.15) is 0 Å². The summed E-state index contributed by atoms with van der Waals surface area (Å²) in [4.78, 5) is 62.6. The molecule has 3 heterocycles. The molecule has 284 valence electrons. The minimum absolute atomic E-state index is 0.0425. The summed E-state index contributed by atoms with van der Waals surface area (Å²) < 4.78 is 9.50. The Labute approximate surface area is 312 Å². The van der Waals surface area contributed by atoms with Gasteiger partial charge in [-0.05, 0) is 72.6 Å². The SMILES string of the molecule is C=C(CCc1ccc(-c2ccc(-c3cnc([C@@H]4CCCN4C(=O)[C@@H](NC(=O)OC)C(C)C)[nH]3)cc2)cc1)[C@@H]1CCCN1C(=O)[C@@H](NC(=O)OC)C(C)C. The fraction of sp³-hybridized carbons (Fsp3) is 0.488. The topological polar surface area (TPSA) is 146 Å². The molecule has 2 aliphatic heterocycles. The smallest absolute Gasteiger partial charge is 0.407 e. The predicted molar refractivity (Wildman–Crippen MR) is 204 cm³/mol. The molecule has 2 saturated heterocycles. The maximum Gasteiger partial charge on any atom is 0.407 e. The average Bonchev–Trinajstić information content (AvgIpc) is 3.96. The average molecular weight is 727 g/mol. The summed E-state index contributed by atoms with van der Waals surface area (Å²) in [5.41, 5.74) is 6.29. The highest BCUT2D eigenvalue weighted by molar-refractivity contribution is 5.87. The van der Waals surface area contributed by atoms with Gasteiger partial charge in [-0.1, -0.05) is 88.4 Å². The number of benzene rings is 2. The maximum atomic E-state index is 13.5. The molecule has 2 aromatic carbocycles. The van der Waals surface area contributed by atoms with Crippen LogP contribution >= 0.6 is 0 Å². The van der Waals surface area contributed by atoms with E-state index in [1.807, 2.05) is 43.7 Å². The number of hydrogen-bond donors (Lipinski definition) is 3. The van der Waals surface area contributed by atoms with E-state index >= 15 is 0 Å². The molecule has 1 aromatic heterocycles. The van der Waals surface area contributed by atoms with Crippen LogP contribution in [0.3, 0.4) is 0 Å². The van der Waals surface area contributed by atoms with Gasteiger partial charge >= 0.3 is 12.2 Å². The first-order valence-electron chi connectivity index (χ1n) is 18.6. The molecule has 2 fully saturated rings. The molecule has 0 unspecified atom stereocenters. The highest BCUT2D eigenvalue weighted by Gasteiger charge is 2.38. The monoisotopic (exact) mass is 726 g/mol. The van der Waals surface area contributed by atoms with Crippen molar-refractivity contribution in [1.82, 2.24) is 30.4 Å². The van der Waals surface area contributed by atoms with E-state index in [0.29, 0.717) is 13.1 Å². The predicted octanol–water partition coefficient (Wildman–Crippen LogP) is 6.65. The Morgan fingerprint density at radius 1 is 0.792 bits per heavy atom. The van der Waals surface area contributed by atoms with Crippen LogP contribution in [0.1, 0.15) is 77.2 Å². The number of carbonyl (C=O) groups is 4. The Morgan fingerprint density at radius 2 is 1.30 bits per heavy atom. The van der Waals surface area contributed by atoms with Gasteiger partial charge in [0.05, 0.1) is 38.2 Å². The molecule has 0 bridgehead atoms. The lowest BCUT2D eigenvalue weighted by atomic mass is 9.96. The number of aromatic amines is 1. The standard InChI is InChI=1S/C41H54N6O6/c1-25(2)35(44-40(50)52-6)38(48)46-22-8-10-33(46)27(5)12-13-28-14-16-29(17-15-28)30-18-20-31(21-19-30)32-24-42-37(43-32)34-11-9-23-47(34)39(49)36(26(3)4)45-41(51)53-7/h14-21,24-26,33-36H,5,8-13,22-23H2,1-4,6-7H3,(H,42,43)(H,44,50)(H,45,51)/t33-,34-,35-,36-/m0/s1. The van der Waals surface area contributed by atoms with Crippen molar-refractivity contribution in [2.45, 2.75) is 90.4 Å². The van der Waals surface area contributed by atoms with E-state index < -0.39 is 24.3 Å². The van der Waals surface area contributed by atoms with Crippen molar-refractivity contribution >= 4 is 24.0 Å². The van der Waals surface area contributed by atoms with Crippen molar-refractivity contribution < 1.29 is 28.7 Å². The Bertz CT molecular complexity index is 1750. The van der Waals surface area contributed by atoms with Gasteiger partial charge in [0.25, 0.3) is 0 Å². The van der Waals surface area contributed by atoms with Crippen LogP contribution in [0.4, 0.5) is 9.59 Å². The zero-order valence-electron chi connectivity index (χ0n) is 31.8. The number of likely N-dealkylation sites (tertiary alicyclic amines) is 2. The first-order valence-corrected chi connectivity index (χ1v) is 18.6. The van der Waals surface area contributed by atoms with Crippen molar-refractivity contribution in [2.24, 2.45) is 11.8 Å². The zero-order chi connectivity index (χ0) is 38.2. The second-order valence-electron chi connectivity index (χ2n) is 14.7. The number of ether oxygens (including phenoxy) is 2. The van der Waals surface area contributed by atoms with Crippen LogP contribution in [-0.4, -0.2) is 89.2 Å². The number of hydrogen-bond acceptors (Lipinski definition) is 7. The van der Waals surface area contributed by atoms with Crippen molar-refractivity contribution in [3.05, 3.63) is 78.3 Å². The molecule has 5 rings (SSSR count). The number of H-pyrrole nitrogens is 1. The molecule has 0 saturated carbocycles. The number of nitrogens with one attached hydrogen (secondary N) is 3. The molecule has 3 N–H and O–H groups in total. The molecule has 0 spiro atoms. The molecule has 3 aromatic rings. The summed E-state index contributed by atoms with van der Waals surface area (Å²) in [7, 11) is 2.59. The number of alkyl carbamates (subject to hydrolysis) is 2. The van der Waals surface area contributed by atoms with Crippen molar-refractivity contribution in [1.29, 1.82) is 0 Å². The van der Waals surface area contributed by atoms with E-state index in [1.165, 1.54) is 19.8 Å². The van der Waals surface area contributed by atoms with Crippen LogP contribution in [0.15, 0.2) is 66.9 Å². The zero-order valence-corrected chi connectivity index (χ0v) is 31.8. The van der Waals surface area contributed by atoms with Crippen LogP contribution in [0.5, 0.6) is 0 Å². The fourth-order valence-electron chi connectivity index (χ4n) is 7.36. The molecule has 4 atom stereocenters. The number of nitrogens with zero attached hydrogens (tertiary/aromatic N) is 3. The van der Waals surface area contributed by atoms with Crippen molar-refractivity contribution in [2.75, 3.05) is 27.3 Å². The van der Waals surface area contributed by atoms with Gasteiger partial charge in [-0.3, -0.25) is 9.59 Å². The molecule has 12 heteroatoms. The molecule has 0 radical (unpaired) electrons. The molecule has 4 amide bonds. The third-order valence-corrected chi connectivity index (χ3v) is 10.5. The summed E-state index contributed by atoms with van der Waals surface area (Å²) in [5.74, 6) is 0.342. The lowest BCUT2D eigenvalue weighted by molar-refractivity contribution is -0.136. The Hall–Kier alpha value is -5.13. The van der Waals surface area contributed by atoms with Crippen LogP contribution < -0.4 is 10.6 Å². The second-order valence-corrected chi connectivity index (χ2v) is 14.7. The van der Waals surface area contributed by atoms with Crippen LogP contribution in [-0.2, 0) is 25.5 Å². The Balaban J connectivity index is 1.17. The summed E-state index contributed by atoms with van der Waals surface area (Å²) in [6, 6.07) is 15.3. The molecule has 12 nitrogen and oxygen atoms in total. The van der Waals surface area contributed by atoms with E-state index in [2.05, 4.69) is 75.7 Å². The quantitative estimate of drug-likeness (QED) is 0.167. The molecule has 0 aliphatic carbocycles. The summed E-state index contributed by atoms with van der Waals surface area (Å²) >= 11 is 0. The molecule has 53 heavy (non-hydrogen) atoms. The molecular weight excluding hydrogens is 672 g/mol. The number of aryl methyl sites for hydroxylation is 1. The number of carbonyl (C=O) groups excluding carboxylic acids is 4. The highest BCUT2D eigenvalue weighted by atomic mass is 16.5. The van der Waals surface area contributed by atoms with E-state index in [9.17, 15) is 19.2 Å². The van der Waals surface area contributed by atoms with Crippen molar-refractivity contribution in [3.63, 3.8) is 0 Å². The van der Waals surface area contributed by atoms with Gasteiger partial charge in [-0.15, -0.1) is 0 Å². The van der Waals surface area contributed by atoms with Gasteiger partial charge < -0.3 is 34.9 Å². The lowest BCUT2D eigenvalue weighted by Crippen LogP contribution is -2.52. The Morgan fingerprint density at radius 3 is 1.87 bits per heavy atom. The van der Waals surface area contributed by atoms with Gasteiger partial charge in [0.2, 0.25) is 11.8 Å². The van der Waals surface area contributed by atoms with E-state index in [1.54, 1.807) is 0 Å². The summed E-state index contributed by atoms with van der Waals surface area (Å²) in [5, 5.41) is 5.40. The van der Waals surface area contributed by atoms with Crippen LogP contribution in [0.2, 0.25) is 0 Å². The Kier molecular flexibility index (Phi) is 13.0. The van der Waals surface area contributed by atoms with E-state index in [-0.39, 0.29) is 35.7 Å². The minimum atomic E-state index is -0.680. The number of methoxy groups -OCH3 is 2. The summed E-state index contributed by atoms with van der Waals surface area (Å²) in [6.45, 7) is 13.3. The van der Waals surface area contributed by atoms with Crippen LogP contribution in [0.25, 0.3) is 22.4 Å². The highest BCUT2D eigenvalue weighted by Crippen LogP contribution is 2.33. The third-order valence-electron chi connectivity index (χ3n) is 10.5. The molecule has 2 aliphatic rings. The largest absolute Gasteiger partial charge is 0.453 e. The number of aromatic nitrogens is 2. The first kappa shape index (κ1) is 39.1.